The first-order chi connectivity index (χ1) is 13.9. The minimum Gasteiger partial charge on any atom is -0.0618 e. The summed E-state index contributed by atoms with van der Waals surface area (Å²) in [5.41, 5.74) is 8.53. The molecule has 1 heteroatoms. The van der Waals surface area contributed by atoms with Crippen LogP contribution in [0.2, 0.25) is 0 Å². The Morgan fingerprint density at radius 2 is 1.11 bits per heavy atom. The lowest BCUT2D eigenvalue weighted by atomic mass is 9.93. The standard InChI is InChI=1S/C27H35P/c1-2-27(25-19-11-9-17-23(25)24-18-10-12-20-26(24)27)28(21-13-5-3-6-14-21)22-15-7-4-8-16-22/h9-12,17-22H,2-8,13-16H2,1H3/p+1. The molecule has 5 rings (SSSR count). The molecule has 0 nitrogen and oxygen atoms in total. The average molecular weight is 392 g/mol. The van der Waals surface area contributed by atoms with Gasteiger partial charge in [0.2, 0.25) is 0 Å². The highest BCUT2D eigenvalue weighted by Crippen LogP contribution is 2.74. The van der Waals surface area contributed by atoms with E-state index in [-0.39, 0.29) is 0 Å². The van der Waals surface area contributed by atoms with Gasteiger partial charge in [0.05, 0.1) is 11.3 Å². The van der Waals surface area contributed by atoms with Gasteiger partial charge in [-0.2, -0.15) is 0 Å². The van der Waals surface area contributed by atoms with Crippen LogP contribution in [0.15, 0.2) is 48.5 Å². The van der Waals surface area contributed by atoms with Crippen LogP contribution in [0.25, 0.3) is 11.1 Å². The van der Waals surface area contributed by atoms with Gasteiger partial charge in [0.15, 0.2) is 0 Å². The van der Waals surface area contributed by atoms with E-state index in [9.17, 15) is 0 Å². The largest absolute Gasteiger partial charge is 0.128 e. The highest BCUT2D eigenvalue weighted by atomic mass is 31.1. The maximum absolute atomic E-state index is 2.51. The third kappa shape index (κ3) is 2.90. The molecule has 0 atom stereocenters. The second-order valence-electron chi connectivity index (χ2n) is 9.48. The van der Waals surface area contributed by atoms with E-state index in [1.807, 2.05) is 0 Å². The van der Waals surface area contributed by atoms with Gasteiger partial charge in [-0.15, -0.1) is 0 Å². The average Bonchev–Trinajstić information content (AvgIpc) is 3.07. The number of fused-ring (bicyclic) bond motifs is 3. The van der Waals surface area contributed by atoms with Gasteiger partial charge in [-0.05, 0) is 68.9 Å². The third-order valence-electron chi connectivity index (χ3n) is 8.18. The molecular formula is C27H36P+. The van der Waals surface area contributed by atoms with Crippen LogP contribution in [0.4, 0.5) is 0 Å². The lowest BCUT2D eigenvalue weighted by Gasteiger charge is -2.43. The van der Waals surface area contributed by atoms with Crippen molar-refractivity contribution in [2.24, 2.45) is 0 Å². The van der Waals surface area contributed by atoms with Gasteiger partial charge in [0.1, 0.15) is 5.16 Å². The van der Waals surface area contributed by atoms with E-state index in [1.54, 1.807) is 22.3 Å². The zero-order valence-electron chi connectivity index (χ0n) is 17.6. The summed E-state index contributed by atoms with van der Waals surface area (Å²) in [5.74, 6) is 0. The third-order valence-corrected chi connectivity index (χ3v) is 13.0. The molecule has 3 aliphatic rings. The normalized spacial score (nSPS) is 22.2. The summed E-state index contributed by atoms with van der Waals surface area (Å²) in [7, 11) is -0.557. The van der Waals surface area contributed by atoms with Crippen LogP contribution in [0.3, 0.4) is 0 Å². The van der Waals surface area contributed by atoms with Crippen molar-refractivity contribution in [1.82, 2.24) is 0 Å². The lowest BCUT2D eigenvalue weighted by Crippen LogP contribution is -2.34. The first kappa shape index (κ1) is 18.9. The van der Waals surface area contributed by atoms with Crippen molar-refractivity contribution in [2.75, 3.05) is 0 Å². The fraction of sp³-hybridized carbons (Fsp3) is 0.556. The summed E-state index contributed by atoms with van der Waals surface area (Å²) in [6, 6.07) is 19.0. The van der Waals surface area contributed by atoms with Gasteiger partial charge in [0.25, 0.3) is 0 Å². The minimum atomic E-state index is -0.557. The van der Waals surface area contributed by atoms with Crippen molar-refractivity contribution in [1.29, 1.82) is 0 Å². The summed E-state index contributed by atoms with van der Waals surface area (Å²) in [6.45, 7) is 2.51. The molecule has 2 fully saturated rings. The molecule has 0 N–H and O–H groups in total. The van der Waals surface area contributed by atoms with E-state index in [0.717, 1.165) is 11.3 Å². The van der Waals surface area contributed by atoms with Crippen molar-refractivity contribution >= 4 is 7.92 Å². The first-order valence-corrected chi connectivity index (χ1v) is 13.6. The maximum atomic E-state index is 2.51. The second-order valence-corrected chi connectivity index (χ2v) is 12.9. The molecule has 2 aromatic carbocycles. The molecule has 0 radical (unpaired) electrons. The van der Waals surface area contributed by atoms with Crippen LogP contribution in [-0.4, -0.2) is 11.3 Å². The highest BCUT2D eigenvalue weighted by molar-refractivity contribution is 7.60. The predicted molar refractivity (Wildman–Crippen MR) is 125 cm³/mol. The second kappa shape index (κ2) is 7.95. The van der Waals surface area contributed by atoms with Gasteiger partial charge in [-0.3, -0.25) is 0 Å². The van der Waals surface area contributed by atoms with Gasteiger partial charge in [-0.25, -0.2) is 0 Å². The molecule has 0 aliphatic heterocycles. The Labute approximate surface area is 172 Å². The summed E-state index contributed by atoms with van der Waals surface area (Å²) in [6.07, 6.45) is 16.2. The number of rotatable bonds is 4. The predicted octanol–water partition coefficient (Wildman–Crippen LogP) is 8.20. The van der Waals surface area contributed by atoms with E-state index in [0.29, 0.717) is 5.16 Å². The topological polar surface area (TPSA) is 0 Å². The van der Waals surface area contributed by atoms with E-state index in [4.69, 9.17) is 0 Å². The van der Waals surface area contributed by atoms with Gasteiger partial charge >= 0.3 is 0 Å². The Morgan fingerprint density at radius 1 is 0.679 bits per heavy atom. The van der Waals surface area contributed by atoms with Gasteiger partial charge < -0.3 is 0 Å². The zero-order chi connectivity index (χ0) is 19.0. The fourth-order valence-corrected chi connectivity index (χ4v) is 12.7. The van der Waals surface area contributed by atoms with Gasteiger partial charge in [0, 0.05) is 19.0 Å². The molecule has 148 valence electrons. The summed E-state index contributed by atoms with van der Waals surface area (Å²) < 4.78 is 0. The molecule has 3 aliphatic carbocycles. The summed E-state index contributed by atoms with van der Waals surface area (Å²) in [4.78, 5) is 0. The zero-order valence-corrected chi connectivity index (χ0v) is 18.6. The number of benzene rings is 2. The fourth-order valence-electron chi connectivity index (χ4n) is 7.08. The first-order valence-electron chi connectivity index (χ1n) is 11.9. The summed E-state index contributed by atoms with van der Waals surface area (Å²) >= 11 is 0. The molecule has 0 amide bonds. The van der Waals surface area contributed by atoms with E-state index in [2.05, 4.69) is 55.5 Å². The molecule has 0 aromatic heterocycles. The van der Waals surface area contributed by atoms with Crippen LogP contribution in [-0.2, 0) is 5.16 Å². The molecule has 2 saturated carbocycles. The van der Waals surface area contributed by atoms with Crippen LogP contribution in [0, 0.1) is 0 Å². The van der Waals surface area contributed by atoms with Crippen LogP contribution >= 0.6 is 7.92 Å². The molecule has 2 aromatic rings. The maximum Gasteiger partial charge on any atom is 0.128 e. The molecule has 0 saturated heterocycles. The number of hydrogen-bond donors (Lipinski definition) is 0. The van der Waals surface area contributed by atoms with Crippen molar-refractivity contribution in [3.8, 4) is 11.1 Å². The van der Waals surface area contributed by atoms with Crippen molar-refractivity contribution in [3.63, 3.8) is 0 Å². The van der Waals surface area contributed by atoms with E-state index in [1.165, 1.54) is 70.6 Å². The highest BCUT2D eigenvalue weighted by Gasteiger charge is 2.58. The molecule has 0 spiro atoms. The Kier molecular flexibility index (Phi) is 5.36. The van der Waals surface area contributed by atoms with E-state index < -0.39 is 7.92 Å². The Balaban J connectivity index is 1.71. The van der Waals surface area contributed by atoms with Crippen LogP contribution < -0.4 is 0 Å². The SMILES string of the molecule is CCC1([PH+](C2CCCCC2)C2CCCCC2)c2ccccc2-c2ccccc21. The molecular weight excluding hydrogens is 355 g/mol. The van der Waals surface area contributed by atoms with Crippen LogP contribution in [0.1, 0.15) is 88.7 Å². The van der Waals surface area contributed by atoms with Crippen molar-refractivity contribution in [3.05, 3.63) is 59.7 Å². The Morgan fingerprint density at radius 3 is 1.54 bits per heavy atom. The van der Waals surface area contributed by atoms with Crippen molar-refractivity contribution < 1.29 is 0 Å². The molecule has 0 heterocycles. The molecule has 0 unspecified atom stereocenters. The smallest absolute Gasteiger partial charge is 0.0618 e. The minimum absolute atomic E-state index is 0.335. The lowest BCUT2D eigenvalue weighted by molar-refractivity contribution is 0.473. The quantitative estimate of drug-likeness (QED) is 0.461. The van der Waals surface area contributed by atoms with Crippen LogP contribution in [0.5, 0.6) is 0 Å². The molecule has 0 bridgehead atoms. The monoisotopic (exact) mass is 391 g/mol. The summed E-state index contributed by atoms with van der Waals surface area (Å²) in [5, 5.41) is 0.335. The molecule has 28 heavy (non-hydrogen) atoms. The van der Waals surface area contributed by atoms with Crippen molar-refractivity contribution in [2.45, 2.75) is 94.0 Å². The van der Waals surface area contributed by atoms with Gasteiger partial charge in [-0.1, -0.05) is 68.3 Å². The number of hydrogen-bond acceptors (Lipinski definition) is 0. The Hall–Kier alpha value is -1.13. The van der Waals surface area contributed by atoms with E-state index >= 15 is 0 Å². The Bertz CT molecular complexity index is 747.